The lowest BCUT2D eigenvalue weighted by atomic mass is 9.71. The van der Waals surface area contributed by atoms with Crippen LogP contribution in [-0.2, 0) is 9.53 Å². The minimum atomic E-state index is 0.0827. The highest BCUT2D eigenvalue weighted by Gasteiger charge is 2.40. The molecule has 5 rings (SSSR count). The first-order valence-corrected chi connectivity index (χ1v) is 13.1. The van der Waals surface area contributed by atoms with E-state index in [4.69, 9.17) is 4.74 Å². The van der Waals surface area contributed by atoms with Gasteiger partial charge in [0, 0.05) is 54.7 Å². The Balaban J connectivity index is 1.40. The van der Waals surface area contributed by atoms with Gasteiger partial charge in [-0.15, -0.1) is 0 Å². The summed E-state index contributed by atoms with van der Waals surface area (Å²) in [6.07, 6.45) is 12.0. The summed E-state index contributed by atoms with van der Waals surface area (Å²) >= 11 is 0. The van der Waals surface area contributed by atoms with E-state index in [2.05, 4.69) is 45.8 Å². The molecular weight excluding hydrogens is 424 g/mol. The number of aromatic amines is 1. The second kappa shape index (κ2) is 10.1. The van der Waals surface area contributed by atoms with Crippen LogP contribution in [0.4, 0.5) is 0 Å². The maximum absolute atomic E-state index is 13.2. The summed E-state index contributed by atoms with van der Waals surface area (Å²) in [6, 6.07) is 4.60. The van der Waals surface area contributed by atoms with Crippen LogP contribution in [0.5, 0.6) is 0 Å². The number of ketones is 1. The van der Waals surface area contributed by atoms with Gasteiger partial charge in [-0.05, 0) is 68.2 Å². The number of piperidine rings is 1. The SMILES string of the molecule is CCC(=O)C1CC(c2ccnc3cnc4[nH]ccc4c23)CCC1N1CCCC(OCC(C)C)C1. The lowest BCUT2D eigenvalue weighted by Gasteiger charge is -2.45. The molecule has 0 aromatic carbocycles. The van der Waals surface area contributed by atoms with Gasteiger partial charge in [0.1, 0.15) is 11.4 Å². The maximum atomic E-state index is 13.2. The number of rotatable bonds is 7. The Labute approximate surface area is 202 Å². The zero-order valence-electron chi connectivity index (χ0n) is 20.8. The topological polar surface area (TPSA) is 71.1 Å². The zero-order chi connectivity index (χ0) is 23.7. The summed E-state index contributed by atoms with van der Waals surface area (Å²) in [7, 11) is 0. The van der Waals surface area contributed by atoms with E-state index in [1.54, 1.807) is 0 Å². The molecule has 34 heavy (non-hydrogen) atoms. The first-order chi connectivity index (χ1) is 16.5. The van der Waals surface area contributed by atoms with Crippen molar-refractivity contribution in [1.29, 1.82) is 0 Å². The molecule has 2 fully saturated rings. The molecule has 182 valence electrons. The zero-order valence-corrected chi connectivity index (χ0v) is 20.8. The summed E-state index contributed by atoms with van der Waals surface area (Å²) in [5, 5.41) is 2.32. The first kappa shape index (κ1) is 23.4. The van der Waals surface area contributed by atoms with E-state index in [-0.39, 0.29) is 5.92 Å². The molecule has 3 aromatic heterocycles. The molecule has 6 nitrogen and oxygen atoms in total. The van der Waals surface area contributed by atoms with Crippen molar-refractivity contribution in [3.8, 4) is 0 Å². The number of nitrogens with zero attached hydrogens (tertiary/aromatic N) is 3. The molecule has 4 unspecified atom stereocenters. The van der Waals surface area contributed by atoms with E-state index in [0.29, 0.717) is 36.2 Å². The average Bonchev–Trinajstić information content (AvgIpc) is 3.36. The highest BCUT2D eigenvalue weighted by molar-refractivity contribution is 6.05. The van der Waals surface area contributed by atoms with Crippen LogP contribution < -0.4 is 0 Å². The molecule has 3 aromatic rings. The number of pyridine rings is 2. The minimum absolute atomic E-state index is 0.0827. The molecule has 1 aliphatic carbocycles. The van der Waals surface area contributed by atoms with Crippen LogP contribution in [0.25, 0.3) is 21.9 Å². The Morgan fingerprint density at radius 2 is 2.12 bits per heavy atom. The van der Waals surface area contributed by atoms with E-state index in [1.807, 2.05) is 25.5 Å². The van der Waals surface area contributed by atoms with Crippen molar-refractivity contribution in [2.75, 3.05) is 19.7 Å². The van der Waals surface area contributed by atoms with Gasteiger partial charge in [-0.25, -0.2) is 4.98 Å². The summed E-state index contributed by atoms with van der Waals surface area (Å²) in [5.41, 5.74) is 3.16. The Kier molecular flexibility index (Phi) is 6.98. The minimum Gasteiger partial charge on any atom is -0.377 e. The third kappa shape index (κ3) is 4.63. The van der Waals surface area contributed by atoms with E-state index in [9.17, 15) is 4.79 Å². The van der Waals surface area contributed by atoms with Gasteiger partial charge in [-0.1, -0.05) is 20.8 Å². The van der Waals surface area contributed by atoms with E-state index in [0.717, 1.165) is 68.4 Å². The van der Waals surface area contributed by atoms with Crippen LogP contribution in [0.3, 0.4) is 0 Å². The van der Waals surface area contributed by atoms with Gasteiger partial charge in [0.2, 0.25) is 0 Å². The Morgan fingerprint density at radius 1 is 1.24 bits per heavy atom. The van der Waals surface area contributed by atoms with Gasteiger partial charge in [0.15, 0.2) is 0 Å². The Morgan fingerprint density at radius 3 is 2.94 bits per heavy atom. The van der Waals surface area contributed by atoms with Gasteiger partial charge >= 0.3 is 0 Å². The molecule has 0 spiro atoms. The number of fused-ring (bicyclic) bond motifs is 3. The van der Waals surface area contributed by atoms with Crippen molar-refractivity contribution >= 4 is 27.7 Å². The number of H-pyrrole nitrogens is 1. The Bertz CT molecular complexity index is 1140. The third-order valence-electron chi connectivity index (χ3n) is 7.88. The quantitative estimate of drug-likeness (QED) is 0.503. The standard InChI is InChI=1S/C28H38N4O2/c1-4-26(33)23-14-19(7-8-25(23)32-13-5-6-20(16-32)34-17-18(2)3)21-9-11-29-24-15-31-28-22(27(21)24)10-12-30-28/h9-12,15,18-20,23,25H,4-8,13-14,16-17H2,1-3H3,(H,30,31). The molecule has 4 heterocycles. The van der Waals surface area contributed by atoms with Crippen LogP contribution in [-0.4, -0.2) is 57.5 Å². The predicted octanol–water partition coefficient (Wildman–Crippen LogP) is 5.48. The number of carbonyl (C=O) groups is 1. The van der Waals surface area contributed by atoms with Gasteiger partial charge in [0.25, 0.3) is 0 Å². The highest BCUT2D eigenvalue weighted by atomic mass is 16.5. The summed E-state index contributed by atoms with van der Waals surface area (Å²) in [6.45, 7) is 9.29. The lowest BCUT2D eigenvalue weighted by Crippen LogP contribution is -2.52. The predicted molar refractivity (Wildman–Crippen MR) is 136 cm³/mol. The van der Waals surface area contributed by atoms with Crippen LogP contribution in [0.15, 0.2) is 30.7 Å². The third-order valence-corrected chi connectivity index (χ3v) is 7.88. The van der Waals surface area contributed by atoms with Crippen LogP contribution in [0, 0.1) is 11.8 Å². The smallest absolute Gasteiger partial charge is 0.137 e. The van der Waals surface area contributed by atoms with Crippen molar-refractivity contribution in [1.82, 2.24) is 19.9 Å². The molecule has 4 atom stereocenters. The molecule has 1 saturated carbocycles. The van der Waals surface area contributed by atoms with Gasteiger partial charge in [-0.2, -0.15) is 0 Å². The summed E-state index contributed by atoms with van der Waals surface area (Å²) in [5.74, 6) is 1.41. The lowest BCUT2D eigenvalue weighted by molar-refractivity contribution is -0.127. The average molecular weight is 463 g/mol. The van der Waals surface area contributed by atoms with Crippen molar-refractivity contribution < 1.29 is 9.53 Å². The fourth-order valence-corrected chi connectivity index (χ4v) is 6.23. The maximum Gasteiger partial charge on any atom is 0.137 e. The molecule has 1 aliphatic heterocycles. The number of ether oxygens (including phenoxy) is 1. The summed E-state index contributed by atoms with van der Waals surface area (Å²) < 4.78 is 6.22. The van der Waals surface area contributed by atoms with Gasteiger partial charge < -0.3 is 9.72 Å². The van der Waals surface area contributed by atoms with Crippen molar-refractivity contribution in [2.45, 2.75) is 77.4 Å². The highest BCUT2D eigenvalue weighted by Crippen LogP contribution is 2.43. The van der Waals surface area contributed by atoms with E-state index < -0.39 is 0 Å². The van der Waals surface area contributed by atoms with E-state index >= 15 is 0 Å². The van der Waals surface area contributed by atoms with Gasteiger partial charge in [0.05, 0.1) is 17.8 Å². The monoisotopic (exact) mass is 462 g/mol. The molecule has 1 N–H and O–H groups in total. The van der Waals surface area contributed by atoms with Crippen LogP contribution in [0.2, 0.25) is 0 Å². The Hall–Kier alpha value is -2.31. The summed E-state index contributed by atoms with van der Waals surface area (Å²) in [4.78, 5) is 28.2. The normalized spacial score (nSPS) is 26.5. The fraction of sp³-hybridized carbons (Fsp3) is 0.607. The second-order valence-electron chi connectivity index (χ2n) is 10.6. The number of hydrogen-bond donors (Lipinski definition) is 1. The molecule has 2 aliphatic rings. The van der Waals surface area contributed by atoms with Crippen LogP contribution in [0.1, 0.15) is 70.8 Å². The van der Waals surface area contributed by atoms with Crippen molar-refractivity contribution in [3.63, 3.8) is 0 Å². The molecule has 0 amide bonds. The number of aromatic nitrogens is 3. The second-order valence-corrected chi connectivity index (χ2v) is 10.6. The molecule has 1 saturated heterocycles. The molecule has 0 bridgehead atoms. The van der Waals surface area contributed by atoms with E-state index in [1.165, 1.54) is 10.9 Å². The fourth-order valence-electron chi connectivity index (χ4n) is 6.23. The first-order valence-electron chi connectivity index (χ1n) is 13.1. The largest absolute Gasteiger partial charge is 0.377 e. The van der Waals surface area contributed by atoms with Gasteiger partial charge in [-0.3, -0.25) is 14.7 Å². The number of hydrogen-bond acceptors (Lipinski definition) is 5. The van der Waals surface area contributed by atoms with Crippen LogP contribution >= 0.6 is 0 Å². The molecule has 6 heteroatoms. The van der Waals surface area contributed by atoms with Crippen molar-refractivity contribution in [3.05, 3.63) is 36.3 Å². The number of carbonyl (C=O) groups excluding carboxylic acids is 1. The number of Topliss-reactive ketones (excluding diaryl/α,β-unsaturated/α-hetero) is 1. The molecular formula is C28H38N4O2. The molecule has 0 radical (unpaired) electrons. The van der Waals surface area contributed by atoms with Crippen molar-refractivity contribution in [2.24, 2.45) is 11.8 Å². The number of nitrogens with one attached hydrogen (secondary N) is 1. The number of likely N-dealkylation sites (tertiary alicyclic amines) is 1.